The van der Waals surface area contributed by atoms with Crippen LogP contribution in [0.5, 0.6) is 0 Å². The number of nitrogens with one attached hydrogen (secondary N) is 2. The maximum absolute atomic E-state index is 13.5. The van der Waals surface area contributed by atoms with Gasteiger partial charge in [-0.3, -0.25) is 0 Å². The molecule has 0 spiro atoms. The molecule has 6 nitrogen and oxygen atoms in total. The molecule has 4 atom stereocenters. The van der Waals surface area contributed by atoms with Crippen LogP contribution in [-0.4, -0.2) is 51.4 Å². The van der Waals surface area contributed by atoms with Crippen LogP contribution in [0, 0.1) is 5.92 Å². The first kappa shape index (κ1) is 27.9. The quantitative estimate of drug-likeness (QED) is 0.426. The molecule has 0 unspecified atom stereocenters. The second-order valence-corrected chi connectivity index (χ2v) is 11.7. The Morgan fingerprint density at radius 3 is 2.49 bits per heavy atom. The van der Waals surface area contributed by atoms with Crippen molar-refractivity contribution in [2.24, 2.45) is 5.92 Å². The van der Waals surface area contributed by atoms with Crippen LogP contribution in [0.3, 0.4) is 0 Å². The van der Waals surface area contributed by atoms with E-state index in [2.05, 4.69) is 14.9 Å². The summed E-state index contributed by atoms with van der Waals surface area (Å²) >= 11 is 0. The zero-order chi connectivity index (χ0) is 26.6. The minimum absolute atomic E-state index is 0.0278. The van der Waals surface area contributed by atoms with Gasteiger partial charge in [0.2, 0.25) is 10.0 Å². The number of anilines is 1. The Labute approximate surface area is 217 Å². The Hall–Kier alpha value is -2.14. The molecule has 2 aliphatic rings. The molecule has 10 heteroatoms. The van der Waals surface area contributed by atoms with Gasteiger partial charge in [0.05, 0.1) is 29.6 Å². The summed E-state index contributed by atoms with van der Waals surface area (Å²) in [4.78, 5) is 2.17. The predicted molar refractivity (Wildman–Crippen MR) is 139 cm³/mol. The molecule has 0 aromatic heterocycles. The van der Waals surface area contributed by atoms with Gasteiger partial charge < -0.3 is 15.0 Å². The lowest BCUT2D eigenvalue weighted by Crippen LogP contribution is -2.43. The van der Waals surface area contributed by atoms with Crippen LogP contribution in [-0.2, 0) is 20.9 Å². The number of rotatable bonds is 10. The average Bonchev–Trinajstić information content (AvgIpc) is 2.89. The molecule has 2 aromatic carbocycles. The molecule has 204 valence electrons. The number of nitrogens with zero attached hydrogens (tertiary/aromatic N) is 1. The largest absolute Gasteiger partial charge is 0.416 e. The summed E-state index contributed by atoms with van der Waals surface area (Å²) in [5.74, 6) is -0.0552. The van der Waals surface area contributed by atoms with Crippen LogP contribution in [0.2, 0.25) is 0 Å². The normalized spacial score (nSPS) is 23.8. The van der Waals surface area contributed by atoms with Crippen LogP contribution >= 0.6 is 0 Å². The maximum Gasteiger partial charge on any atom is 0.416 e. The van der Waals surface area contributed by atoms with Crippen molar-refractivity contribution in [1.82, 2.24) is 9.62 Å². The first-order chi connectivity index (χ1) is 17.6. The second kappa shape index (κ2) is 11.7. The van der Waals surface area contributed by atoms with Crippen molar-refractivity contribution in [1.29, 1.82) is 0 Å². The topological polar surface area (TPSA) is 70.7 Å². The Bertz CT molecular complexity index is 1140. The van der Waals surface area contributed by atoms with Crippen molar-refractivity contribution in [3.05, 3.63) is 65.2 Å². The zero-order valence-electron chi connectivity index (χ0n) is 21.3. The summed E-state index contributed by atoms with van der Waals surface area (Å²) in [7, 11) is -3.48. The highest BCUT2D eigenvalue weighted by Crippen LogP contribution is 2.51. The molecule has 1 saturated heterocycles. The van der Waals surface area contributed by atoms with Crippen molar-refractivity contribution in [3.8, 4) is 0 Å². The maximum atomic E-state index is 13.5. The summed E-state index contributed by atoms with van der Waals surface area (Å²) < 4.78 is 74.7. The summed E-state index contributed by atoms with van der Waals surface area (Å²) in [5, 5.41) is 3.44. The van der Waals surface area contributed by atoms with Crippen LogP contribution in [0.4, 0.5) is 18.9 Å². The highest BCUT2D eigenvalue weighted by molar-refractivity contribution is 7.89. The highest BCUT2D eigenvalue weighted by atomic mass is 32.2. The third-order valence-electron chi connectivity index (χ3n) is 7.45. The molecule has 0 radical (unpaired) electrons. The van der Waals surface area contributed by atoms with Gasteiger partial charge in [0.25, 0.3) is 0 Å². The molecular weight excluding hydrogens is 503 g/mol. The van der Waals surface area contributed by atoms with Crippen molar-refractivity contribution < 1.29 is 26.3 Å². The van der Waals surface area contributed by atoms with Crippen LogP contribution in [0.1, 0.15) is 61.9 Å². The van der Waals surface area contributed by atoms with Gasteiger partial charge in [-0.25, -0.2) is 13.1 Å². The van der Waals surface area contributed by atoms with E-state index in [0.717, 1.165) is 24.7 Å². The molecule has 1 fully saturated rings. The number of ether oxygens (including phenoxy) is 1. The molecule has 2 aliphatic heterocycles. The summed E-state index contributed by atoms with van der Waals surface area (Å²) in [6.45, 7) is 6.65. The van der Waals surface area contributed by atoms with Crippen molar-refractivity contribution in [2.45, 2.75) is 57.5 Å². The standard InChI is InChI=1S/C27H36F3N3O3S/c1-3-33(4-2)15-8-16-37(34,35)31-18-21-12-13-22-25(19-9-6-5-7-10-19)32-24-14-11-20(27(28,29)30)17-23(24)26(22)36-21/h5-7,9-11,14,17,21-22,25-26,31-32H,3-4,8,12-13,15-16,18H2,1-2H3/t21-,22+,25+,26+/m1/s1. The molecule has 2 aromatic rings. The molecule has 0 saturated carbocycles. The van der Waals surface area contributed by atoms with Crippen LogP contribution < -0.4 is 10.0 Å². The van der Waals surface area contributed by atoms with Crippen molar-refractivity contribution >= 4 is 15.7 Å². The number of hydrogen-bond acceptors (Lipinski definition) is 5. The number of halogens is 3. The number of benzene rings is 2. The average molecular weight is 540 g/mol. The Kier molecular flexibility index (Phi) is 8.83. The van der Waals surface area contributed by atoms with Crippen LogP contribution in [0.15, 0.2) is 48.5 Å². The molecule has 4 rings (SSSR count). The van der Waals surface area contributed by atoms with Gasteiger partial charge in [0.15, 0.2) is 0 Å². The van der Waals surface area contributed by atoms with Gasteiger partial charge in [-0.05, 0) is 62.7 Å². The van der Waals surface area contributed by atoms with Gasteiger partial charge >= 0.3 is 6.18 Å². The molecule has 0 aliphatic carbocycles. The minimum Gasteiger partial charge on any atom is -0.378 e. The van der Waals surface area contributed by atoms with E-state index in [0.29, 0.717) is 37.1 Å². The molecular formula is C27H36F3N3O3S. The van der Waals surface area contributed by atoms with E-state index < -0.39 is 34.0 Å². The van der Waals surface area contributed by atoms with Gasteiger partial charge in [0, 0.05) is 23.7 Å². The minimum atomic E-state index is -4.46. The first-order valence-corrected chi connectivity index (χ1v) is 14.6. The van der Waals surface area contributed by atoms with Gasteiger partial charge in [-0.2, -0.15) is 13.2 Å². The smallest absolute Gasteiger partial charge is 0.378 e. The van der Waals surface area contributed by atoms with Gasteiger partial charge in [-0.1, -0.05) is 44.2 Å². The van der Waals surface area contributed by atoms with Gasteiger partial charge in [-0.15, -0.1) is 0 Å². The van der Waals surface area contributed by atoms with E-state index in [1.165, 1.54) is 12.1 Å². The Balaban J connectivity index is 1.49. The molecule has 37 heavy (non-hydrogen) atoms. The number of hydrogen-bond donors (Lipinski definition) is 2. The van der Waals surface area contributed by atoms with E-state index in [9.17, 15) is 21.6 Å². The fourth-order valence-corrected chi connectivity index (χ4v) is 6.48. The fourth-order valence-electron chi connectivity index (χ4n) is 5.38. The number of sulfonamides is 1. The first-order valence-electron chi connectivity index (χ1n) is 13.0. The monoisotopic (exact) mass is 539 g/mol. The Morgan fingerprint density at radius 2 is 1.81 bits per heavy atom. The van der Waals surface area contributed by atoms with E-state index in [-0.39, 0.29) is 24.3 Å². The lowest BCUT2D eigenvalue weighted by molar-refractivity contribution is -0.138. The molecule has 2 N–H and O–H groups in total. The van der Waals surface area contributed by atoms with E-state index in [1.807, 2.05) is 44.2 Å². The summed E-state index contributed by atoms with van der Waals surface area (Å²) in [6, 6.07) is 13.4. The van der Waals surface area contributed by atoms with Gasteiger partial charge in [0.1, 0.15) is 0 Å². The Morgan fingerprint density at radius 1 is 1.08 bits per heavy atom. The lowest BCUT2D eigenvalue weighted by Gasteiger charge is -2.46. The number of fused-ring (bicyclic) bond motifs is 3. The third-order valence-corrected chi connectivity index (χ3v) is 8.88. The van der Waals surface area contributed by atoms with Crippen molar-refractivity contribution in [3.63, 3.8) is 0 Å². The predicted octanol–water partition coefficient (Wildman–Crippen LogP) is 5.36. The second-order valence-electron chi connectivity index (χ2n) is 9.80. The lowest BCUT2D eigenvalue weighted by atomic mass is 9.76. The molecule has 2 heterocycles. The number of alkyl halides is 3. The molecule has 0 amide bonds. The highest BCUT2D eigenvalue weighted by Gasteiger charge is 2.43. The van der Waals surface area contributed by atoms with E-state index in [4.69, 9.17) is 4.74 Å². The van der Waals surface area contributed by atoms with E-state index in [1.54, 1.807) is 0 Å². The summed E-state index contributed by atoms with van der Waals surface area (Å²) in [5.41, 5.74) is 1.41. The SMILES string of the molecule is CCN(CC)CCCS(=O)(=O)NC[C@H]1CC[C@@H]2[C@H](O1)c1cc(C(F)(F)F)ccc1N[C@H]2c1ccccc1. The third kappa shape index (κ3) is 6.85. The molecule has 0 bridgehead atoms. The fraction of sp³-hybridized carbons (Fsp3) is 0.556. The van der Waals surface area contributed by atoms with Crippen molar-refractivity contribution in [2.75, 3.05) is 37.2 Å². The zero-order valence-corrected chi connectivity index (χ0v) is 22.1. The summed E-state index contributed by atoms with van der Waals surface area (Å²) in [6.07, 6.45) is -3.62. The van der Waals surface area contributed by atoms with Crippen LogP contribution in [0.25, 0.3) is 0 Å². The van der Waals surface area contributed by atoms with E-state index >= 15 is 0 Å².